The molecule has 3 aliphatic rings. The number of anilines is 1. The number of nitriles is 1. The molecule has 168 valence electrons. The van der Waals surface area contributed by atoms with E-state index in [1.165, 1.54) is 18.8 Å². The predicted octanol–water partition coefficient (Wildman–Crippen LogP) is 2.96. The van der Waals surface area contributed by atoms with E-state index in [0.29, 0.717) is 28.9 Å². The molecule has 3 saturated carbocycles. The SMILES string of the molecule is C[C@H]1[C@H]2C[C@H](C[C@H]1Nc1cnn(CC(=O)NCc3ccnc(C#N)c3)c(=O)c1Cl)C2(C)C. The molecule has 9 heteroatoms. The zero-order valence-electron chi connectivity index (χ0n) is 18.4. The summed E-state index contributed by atoms with van der Waals surface area (Å²) in [5, 5.41) is 19.3. The fraction of sp³-hybridized carbons (Fsp3) is 0.522. The van der Waals surface area contributed by atoms with Gasteiger partial charge in [-0.05, 0) is 53.7 Å². The van der Waals surface area contributed by atoms with E-state index in [-0.39, 0.29) is 35.8 Å². The summed E-state index contributed by atoms with van der Waals surface area (Å²) in [6.45, 7) is 6.92. The third-order valence-electron chi connectivity index (χ3n) is 7.40. The van der Waals surface area contributed by atoms with Crippen LogP contribution in [0.15, 0.2) is 29.3 Å². The van der Waals surface area contributed by atoms with Crippen molar-refractivity contribution in [1.82, 2.24) is 20.1 Å². The Morgan fingerprint density at radius 1 is 1.41 bits per heavy atom. The summed E-state index contributed by atoms with van der Waals surface area (Å²) < 4.78 is 1.06. The number of rotatable bonds is 6. The Morgan fingerprint density at radius 2 is 2.19 bits per heavy atom. The quantitative estimate of drug-likeness (QED) is 0.693. The molecular formula is C23H27ClN6O2. The molecule has 2 N–H and O–H groups in total. The van der Waals surface area contributed by atoms with E-state index in [4.69, 9.17) is 16.9 Å². The fourth-order valence-electron chi connectivity index (χ4n) is 5.26. The summed E-state index contributed by atoms with van der Waals surface area (Å²) >= 11 is 6.35. The third-order valence-corrected chi connectivity index (χ3v) is 7.77. The molecule has 0 aromatic carbocycles. The second-order valence-corrected chi connectivity index (χ2v) is 9.86. The molecule has 0 aliphatic heterocycles. The van der Waals surface area contributed by atoms with Crippen LogP contribution in [0.2, 0.25) is 5.02 Å². The smallest absolute Gasteiger partial charge is 0.288 e. The maximum absolute atomic E-state index is 12.7. The number of carbonyl (C=O) groups is 1. The molecule has 0 saturated heterocycles. The van der Waals surface area contributed by atoms with Crippen LogP contribution in [-0.2, 0) is 17.9 Å². The summed E-state index contributed by atoms with van der Waals surface area (Å²) in [7, 11) is 0. The van der Waals surface area contributed by atoms with Crippen LogP contribution in [0.25, 0.3) is 0 Å². The highest BCUT2D eigenvalue weighted by Crippen LogP contribution is 2.61. The molecular weight excluding hydrogens is 428 g/mol. The number of halogens is 1. The first kappa shape index (κ1) is 22.3. The largest absolute Gasteiger partial charge is 0.379 e. The maximum atomic E-state index is 12.7. The molecule has 2 aromatic heterocycles. The van der Waals surface area contributed by atoms with Crippen molar-refractivity contribution in [2.45, 2.75) is 52.7 Å². The molecule has 0 radical (unpaired) electrons. The zero-order chi connectivity index (χ0) is 23.0. The summed E-state index contributed by atoms with van der Waals surface area (Å²) in [4.78, 5) is 28.9. The van der Waals surface area contributed by atoms with Crippen LogP contribution < -0.4 is 16.2 Å². The minimum atomic E-state index is -0.503. The van der Waals surface area contributed by atoms with Crippen LogP contribution in [-0.4, -0.2) is 26.7 Å². The van der Waals surface area contributed by atoms with E-state index in [9.17, 15) is 9.59 Å². The van der Waals surface area contributed by atoms with Crippen LogP contribution >= 0.6 is 11.6 Å². The number of amides is 1. The van der Waals surface area contributed by atoms with Crippen molar-refractivity contribution in [3.63, 3.8) is 0 Å². The number of fused-ring (bicyclic) bond motifs is 2. The van der Waals surface area contributed by atoms with E-state index in [2.05, 4.69) is 41.5 Å². The molecule has 0 unspecified atom stereocenters. The Hall–Kier alpha value is -2.92. The fourth-order valence-corrected chi connectivity index (χ4v) is 5.46. The Bertz CT molecular complexity index is 1140. The molecule has 8 nitrogen and oxygen atoms in total. The van der Waals surface area contributed by atoms with Crippen LogP contribution in [0.5, 0.6) is 0 Å². The lowest BCUT2D eigenvalue weighted by molar-refractivity contribution is -0.122. The van der Waals surface area contributed by atoms with Crippen molar-refractivity contribution in [3.8, 4) is 6.07 Å². The first-order chi connectivity index (χ1) is 15.2. The number of nitrogens with one attached hydrogen (secondary N) is 2. The summed E-state index contributed by atoms with van der Waals surface area (Å²) in [6.07, 6.45) is 5.35. The summed E-state index contributed by atoms with van der Waals surface area (Å²) in [5.74, 6) is 1.45. The van der Waals surface area contributed by atoms with Crippen molar-refractivity contribution in [2.24, 2.45) is 23.2 Å². The Balaban J connectivity index is 1.38. The van der Waals surface area contributed by atoms with E-state index in [0.717, 1.165) is 16.7 Å². The first-order valence-corrected chi connectivity index (χ1v) is 11.2. The highest BCUT2D eigenvalue weighted by atomic mass is 35.5. The number of nitrogens with zero attached hydrogens (tertiary/aromatic N) is 4. The highest BCUT2D eigenvalue weighted by molar-refractivity contribution is 6.32. The van der Waals surface area contributed by atoms with Gasteiger partial charge in [0.2, 0.25) is 5.91 Å². The van der Waals surface area contributed by atoms with Crippen LogP contribution in [0.3, 0.4) is 0 Å². The molecule has 2 heterocycles. The second kappa shape index (κ2) is 8.55. The van der Waals surface area contributed by atoms with E-state index >= 15 is 0 Å². The first-order valence-electron chi connectivity index (χ1n) is 10.8. The second-order valence-electron chi connectivity index (χ2n) is 9.48. The molecule has 5 rings (SSSR count). The average Bonchev–Trinajstić information content (AvgIpc) is 2.78. The lowest BCUT2D eigenvalue weighted by Gasteiger charge is -2.62. The number of hydrogen-bond donors (Lipinski definition) is 2. The maximum Gasteiger partial charge on any atom is 0.288 e. The predicted molar refractivity (Wildman–Crippen MR) is 121 cm³/mol. The number of pyridine rings is 1. The van der Waals surface area contributed by atoms with Gasteiger partial charge in [0.15, 0.2) is 0 Å². The normalized spacial score (nSPS) is 25.3. The summed E-state index contributed by atoms with van der Waals surface area (Å²) in [6, 6.07) is 5.51. The average molecular weight is 455 g/mol. The molecule has 0 spiro atoms. The van der Waals surface area contributed by atoms with Crippen molar-refractivity contribution in [3.05, 3.63) is 51.2 Å². The van der Waals surface area contributed by atoms with Gasteiger partial charge in [-0.25, -0.2) is 9.67 Å². The van der Waals surface area contributed by atoms with Gasteiger partial charge in [-0.2, -0.15) is 10.4 Å². The van der Waals surface area contributed by atoms with Crippen molar-refractivity contribution < 1.29 is 4.79 Å². The third kappa shape index (κ3) is 4.09. The van der Waals surface area contributed by atoms with Gasteiger partial charge in [-0.1, -0.05) is 32.4 Å². The van der Waals surface area contributed by atoms with E-state index in [1.807, 2.05) is 6.07 Å². The standard InChI is InChI=1S/C23H27ClN6O2/c1-13-17-7-15(23(17,2)3)8-18(13)29-19-11-28-30(22(32)21(19)24)12-20(31)27-10-14-4-5-26-16(6-14)9-25/h4-6,11,13,15,17-18,29H,7-8,10,12H2,1-3H3,(H,27,31)/t13-,15+,17+,18+/m0/s1. The lowest BCUT2D eigenvalue weighted by Crippen LogP contribution is -2.58. The van der Waals surface area contributed by atoms with Gasteiger partial charge in [0.1, 0.15) is 23.3 Å². The highest BCUT2D eigenvalue weighted by Gasteiger charge is 2.56. The van der Waals surface area contributed by atoms with Gasteiger partial charge in [0, 0.05) is 18.8 Å². The van der Waals surface area contributed by atoms with Crippen LogP contribution in [0, 0.1) is 34.5 Å². The zero-order valence-corrected chi connectivity index (χ0v) is 19.2. The van der Waals surface area contributed by atoms with Gasteiger partial charge in [0.25, 0.3) is 5.56 Å². The lowest BCUT2D eigenvalue weighted by atomic mass is 9.45. The minimum Gasteiger partial charge on any atom is -0.379 e. The molecule has 4 atom stereocenters. The van der Waals surface area contributed by atoms with E-state index in [1.54, 1.807) is 12.1 Å². The van der Waals surface area contributed by atoms with Gasteiger partial charge < -0.3 is 10.6 Å². The van der Waals surface area contributed by atoms with Crippen LogP contribution in [0.1, 0.15) is 44.9 Å². The molecule has 3 fully saturated rings. The van der Waals surface area contributed by atoms with Gasteiger partial charge in [-0.3, -0.25) is 9.59 Å². The topological polar surface area (TPSA) is 113 Å². The number of aromatic nitrogens is 3. The molecule has 3 aliphatic carbocycles. The Kier molecular flexibility index (Phi) is 5.95. The molecule has 1 amide bonds. The Labute approximate surface area is 192 Å². The van der Waals surface area contributed by atoms with Crippen LogP contribution in [0.4, 0.5) is 5.69 Å². The van der Waals surface area contributed by atoms with E-state index < -0.39 is 5.56 Å². The van der Waals surface area contributed by atoms with Gasteiger partial charge >= 0.3 is 0 Å². The van der Waals surface area contributed by atoms with Gasteiger partial charge in [-0.15, -0.1) is 0 Å². The van der Waals surface area contributed by atoms with Crippen molar-refractivity contribution in [1.29, 1.82) is 5.26 Å². The van der Waals surface area contributed by atoms with Crippen molar-refractivity contribution in [2.75, 3.05) is 5.32 Å². The van der Waals surface area contributed by atoms with Crippen molar-refractivity contribution >= 4 is 23.2 Å². The number of hydrogen-bond acceptors (Lipinski definition) is 6. The Morgan fingerprint density at radius 3 is 2.88 bits per heavy atom. The minimum absolute atomic E-state index is 0.0475. The van der Waals surface area contributed by atoms with Gasteiger partial charge in [0.05, 0.1) is 11.9 Å². The monoisotopic (exact) mass is 454 g/mol. The molecule has 32 heavy (non-hydrogen) atoms. The summed E-state index contributed by atoms with van der Waals surface area (Å²) in [5.41, 5.74) is 1.41. The molecule has 2 aromatic rings. The number of carbonyl (C=O) groups excluding carboxylic acids is 1. The molecule has 2 bridgehead atoms.